The summed E-state index contributed by atoms with van der Waals surface area (Å²) in [6, 6.07) is 4.97. The average molecular weight is 425 g/mol. The number of likely N-dealkylation sites (tertiary alicyclic amines) is 1. The van der Waals surface area contributed by atoms with Gasteiger partial charge in [0.1, 0.15) is 0 Å². The molecule has 7 heteroatoms. The van der Waals surface area contributed by atoms with Gasteiger partial charge >= 0.3 is 0 Å². The molecule has 1 saturated heterocycles. The van der Waals surface area contributed by atoms with Gasteiger partial charge in [0.15, 0.2) is 0 Å². The molecule has 28 heavy (non-hydrogen) atoms. The summed E-state index contributed by atoms with van der Waals surface area (Å²) in [7, 11) is -3.63. The third-order valence-electron chi connectivity index (χ3n) is 5.78. The van der Waals surface area contributed by atoms with E-state index in [-0.39, 0.29) is 16.8 Å². The molecule has 0 spiro atoms. The van der Waals surface area contributed by atoms with E-state index in [4.69, 9.17) is 0 Å². The zero-order chi connectivity index (χ0) is 20.0. The molecular formula is C21H32N2O3S2. The van der Waals surface area contributed by atoms with Crippen LogP contribution in [-0.4, -0.2) is 44.6 Å². The van der Waals surface area contributed by atoms with Crippen LogP contribution in [0.2, 0.25) is 0 Å². The van der Waals surface area contributed by atoms with Gasteiger partial charge in [0.2, 0.25) is 10.0 Å². The molecule has 1 heterocycles. The van der Waals surface area contributed by atoms with E-state index < -0.39 is 10.0 Å². The number of hydrogen-bond donors (Lipinski definition) is 1. The quantitative estimate of drug-likeness (QED) is 0.710. The van der Waals surface area contributed by atoms with Crippen LogP contribution in [0, 0.1) is 0 Å². The second-order valence-corrected chi connectivity index (χ2v) is 10.4. The predicted molar refractivity (Wildman–Crippen MR) is 114 cm³/mol. The number of hydrogen-bond acceptors (Lipinski definition) is 4. The first-order valence-electron chi connectivity index (χ1n) is 10.5. The Morgan fingerprint density at radius 1 is 1.00 bits per heavy atom. The van der Waals surface area contributed by atoms with Gasteiger partial charge in [0.05, 0.1) is 10.5 Å². The highest BCUT2D eigenvalue weighted by atomic mass is 32.2. The zero-order valence-corrected chi connectivity index (χ0v) is 18.4. The molecule has 156 valence electrons. The molecule has 1 aliphatic heterocycles. The van der Waals surface area contributed by atoms with E-state index in [1.807, 2.05) is 11.2 Å². The van der Waals surface area contributed by atoms with Gasteiger partial charge in [-0.3, -0.25) is 4.79 Å². The Morgan fingerprint density at radius 2 is 1.61 bits per heavy atom. The highest BCUT2D eigenvalue weighted by Gasteiger charge is 2.25. The van der Waals surface area contributed by atoms with E-state index in [2.05, 4.69) is 4.72 Å². The Kier molecular flexibility index (Phi) is 7.83. The molecule has 0 atom stereocenters. The molecule has 0 bridgehead atoms. The Bertz CT molecular complexity index is 766. The minimum atomic E-state index is -3.63. The molecule has 5 nitrogen and oxygen atoms in total. The van der Waals surface area contributed by atoms with Gasteiger partial charge in [-0.05, 0) is 56.6 Å². The van der Waals surface area contributed by atoms with Crippen LogP contribution >= 0.6 is 11.8 Å². The topological polar surface area (TPSA) is 66.5 Å². The zero-order valence-electron chi connectivity index (χ0n) is 16.8. The standard InChI is InChI=1S/C21H32N2O3S2/c1-27-20-13-12-18(16-19(20)21(24)23-14-8-5-9-15-23)28(25,26)22-17-10-6-3-2-4-7-11-17/h12-13,16-17,22H,2-11,14-15H2,1H3. The van der Waals surface area contributed by atoms with Crippen LogP contribution in [0.25, 0.3) is 0 Å². The number of carbonyl (C=O) groups excluding carboxylic acids is 1. The van der Waals surface area contributed by atoms with E-state index in [0.717, 1.165) is 62.9 Å². The summed E-state index contributed by atoms with van der Waals surface area (Å²) < 4.78 is 28.9. The van der Waals surface area contributed by atoms with Gasteiger partial charge in [-0.15, -0.1) is 11.8 Å². The smallest absolute Gasteiger partial charge is 0.255 e. The van der Waals surface area contributed by atoms with E-state index in [1.165, 1.54) is 31.0 Å². The number of piperidine rings is 1. The summed E-state index contributed by atoms with van der Waals surface area (Å²) in [6.45, 7) is 1.51. The molecule has 0 unspecified atom stereocenters. The maximum atomic E-state index is 13.0. The van der Waals surface area contributed by atoms with Gasteiger partial charge in [0.25, 0.3) is 5.91 Å². The molecule has 1 saturated carbocycles. The van der Waals surface area contributed by atoms with Gasteiger partial charge < -0.3 is 4.90 Å². The lowest BCUT2D eigenvalue weighted by Crippen LogP contribution is -2.37. The summed E-state index contributed by atoms with van der Waals surface area (Å²) in [5.74, 6) is -0.0490. The molecule has 1 N–H and O–H groups in total. The second-order valence-electron chi connectivity index (χ2n) is 7.88. The Balaban J connectivity index is 1.81. The van der Waals surface area contributed by atoms with Gasteiger partial charge in [-0.2, -0.15) is 0 Å². The van der Waals surface area contributed by atoms with Crippen molar-refractivity contribution in [1.82, 2.24) is 9.62 Å². The molecule has 1 aliphatic carbocycles. The number of nitrogens with zero attached hydrogens (tertiary/aromatic N) is 1. The summed E-state index contributed by atoms with van der Waals surface area (Å²) in [4.78, 5) is 15.9. The van der Waals surface area contributed by atoms with Crippen molar-refractivity contribution in [1.29, 1.82) is 0 Å². The maximum absolute atomic E-state index is 13.0. The minimum Gasteiger partial charge on any atom is -0.339 e. The fourth-order valence-electron chi connectivity index (χ4n) is 4.15. The van der Waals surface area contributed by atoms with Crippen LogP contribution in [0.4, 0.5) is 0 Å². The fraction of sp³-hybridized carbons (Fsp3) is 0.667. The monoisotopic (exact) mass is 424 g/mol. The number of amides is 1. The molecular weight excluding hydrogens is 392 g/mol. The Labute approximate surface area is 173 Å². The second kappa shape index (κ2) is 10.1. The van der Waals surface area contributed by atoms with Crippen molar-refractivity contribution in [2.75, 3.05) is 19.3 Å². The third kappa shape index (κ3) is 5.51. The van der Waals surface area contributed by atoms with Crippen LogP contribution in [0.1, 0.15) is 74.6 Å². The van der Waals surface area contributed by atoms with Crippen molar-refractivity contribution in [2.24, 2.45) is 0 Å². The number of rotatable bonds is 5. The molecule has 1 amide bonds. The van der Waals surface area contributed by atoms with Crippen LogP contribution in [0.15, 0.2) is 28.0 Å². The van der Waals surface area contributed by atoms with Crippen LogP contribution in [0.5, 0.6) is 0 Å². The van der Waals surface area contributed by atoms with E-state index >= 15 is 0 Å². The van der Waals surface area contributed by atoms with Gasteiger partial charge in [0, 0.05) is 24.0 Å². The van der Waals surface area contributed by atoms with E-state index in [0.29, 0.717) is 5.56 Å². The number of carbonyl (C=O) groups is 1. The number of nitrogens with one attached hydrogen (secondary N) is 1. The van der Waals surface area contributed by atoms with Crippen molar-refractivity contribution in [2.45, 2.75) is 80.0 Å². The lowest BCUT2D eigenvalue weighted by Gasteiger charge is -2.27. The number of benzene rings is 1. The molecule has 3 rings (SSSR count). The summed E-state index contributed by atoms with van der Waals surface area (Å²) >= 11 is 1.49. The normalized spacial score (nSPS) is 19.8. The van der Waals surface area contributed by atoms with Gasteiger partial charge in [-0.1, -0.05) is 32.1 Å². The number of sulfonamides is 1. The molecule has 2 aliphatic rings. The summed E-state index contributed by atoms with van der Waals surface area (Å²) in [6.07, 6.45) is 12.6. The van der Waals surface area contributed by atoms with Crippen LogP contribution in [0.3, 0.4) is 0 Å². The van der Waals surface area contributed by atoms with Crippen LogP contribution in [-0.2, 0) is 10.0 Å². The van der Waals surface area contributed by atoms with Gasteiger partial charge in [-0.25, -0.2) is 13.1 Å². The lowest BCUT2D eigenvalue weighted by molar-refractivity contribution is 0.0720. The highest BCUT2D eigenvalue weighted by molar-refractivity contribution is 7.98. The van der Waals surface area contributed by atoms with Crippen molar-refractivity contribution in [3.05, 3.63) is 23.8 Å². The predicted octanol–water partition coefficient (Wildman–Crippen LogP) is 4.43. The van der Waals surface area contributed by atoms with Crippen molar-refractivity contribution < 1.29 is 13.2 Å². The maximum Gasteiger partial charge on any atom is 0.255 e. The SMILES string of the molecule is CSc1ccc(S(=O)(=O)NC2CCCCCCC2)cc1C(=O)N1CCCCC1. The fourth-order valence-corrected chi connectivity index (χ4v) is 6.05. The number of thioether (sulfide) groups is 1. The highest BCUT2D eigenvalue weighted by Crippen LogP contribution is 2.27. The molecule has 1 aromatic carbocycles. The third-order valence-corrected chi connectivity index (χ3v) is 8.10. The first kappa shape index (κ1) is 21.7. The molecule has 0 aromatic heterocycles. The van der Waals surface area contributed by atoms with Crippen molar-refractivity contribution in [3.63, 3.8) is 0 Å². The first-order chi connectivity index (χ1) is 13.5. The largest absolute Gasteiger partial charge is 0.339 e. The average Bonchev–Trinajstić information content (AvgIpc) is 2.69. The van der Waals surface area contributed by atoms with Crippen molar-refractivity contribution in [3.8, 4) is 0 Å². The lowest BCUT2D eigenvalue weighted by atomic mass is 9.97. The first-order valence-corrected chi connectivity index (χ1v) is 13.2. The molecule has 1 aromatic rings. The summed E-state index contributed by atoms with van der Waals surface area (Å²) in [5, 5.41) is 0. The Morgan fingerprint density at radius 3 is 2.25 bits per heavy atom. The van der Waals surface area contributed by atoms with E-state index in [9.17, 15) is 13.2 Å². The van der Waals surface area contributed by atoms with E-state index in [1.54, 1.807) is 18.2 Å². The molecule has 2 fully saturated rings. The van der Waals surface area contributed by atoms with Crippen molar-refractivity contribution >= 4 is 27.7 Å². The summed E-state index contributed by atoms with van der Waals surface area (Å²) in [5.41, 5.74) is 0.509. The molecule has 0 radical (unpaired) electrons. The Hall–Kier alpha value is -1.05. The minimum absolute atomic E-state index is 0.00762. The van der Waals surface area contributed by atoms with Crippen LogP contribution < -0.4 is 4.72 Å².